The van der Waals surface area contributed by atoms with Crippen molar-refractivity contribution in [3.8, 4) is 0 Å². The van der Waals surface area contributed by atoms with E-state index in [1.54, 1.807) is 4.90 Å². The van der Waals surface area contributed by atoms with E-state index in [0.29, 0.717) is 25.6 Å². The maximum Gasteiger partial charge on any atom is 0.317 e. The second-order valence-electron chi connectivity index (χ2n) is 7.15. The number of hydrogen-bond acceptors (Lipinski definition) is 3. The molecule has 0 aromatic rings. The summed E-state index contributed by atoms with van der Waals surface area (Å²) in [5, 5.41) is 5.90. The van der Waals surface area contributed by atoms with Gasteiger partial charge in [0.05, 0.1) is 5.92 Å². The van der Waals surface area contributed by atoms with Gasteiger partial charge in [-0.25, -0.2) is 4.79 Å². The van der Waals surface area contributed by atoms with Crippen LogP contribution in [-0.2, 0) is 4.79 Å². The Hall–Kier alpha value is -1.30. The molecule has 6 nitrogen and oxygen atoms in total. The second kappa shape index (κ2) is 9.11. The Labute approximate surface area is 140 Å². The molecular formula is C17H34N4O2. The largest absolute Gasteiger partial charge is 0.354 e. The van der Waals surface area contributed by atoms with Crippen molar-refractivity contribution < 1.29 is 9.59 Å². The second-order valence-corrected chi connectivity index (χ2v) is 7.15. The molecule has 0 aliphatic carbocycles. The molecule has 0 aromatic heterocycles. The number of carbonyl (C=O) groups is 2. The van der Waals surface area contributed by atoms with Crippen LogP contribution in [0.2, 0.25) is 0 Å². The van der Waals surface area contributed by atoms with Crippen molar-refractivity contribution in [1.29, 1.82) is 0 Å². The van der Waals surface area contributed by atoms with Gasteiger partial charge in [-0.05, 0) is 31.6 Å². The number of nitrogens with one attached hydrogen (secondary N) is 2. The molecule has 0 radical (unpaired) electrons. The lowest BCUT2D eigenvalue weighted by molar-refractivity contribution is -0.126. The first-order valence-corrected chi connectivity index (χ1v) is 8.90. The van der Waals surface area contributed by atoms with E-state index in [1.165, 1.54) is 0 Å². The van der Waals surface area contributed by atoms with Gasteiger partial charge in [-0.1, -0.05) is 27.7 Å². The molecule has 0 aromatic carbocycles. The zero-order chi connectivity index (χ0) is 17.5. The van der Waals surface area contributed by atoms with Crippen LogP contribution in [0.1, 0.15) is 53.4 Å². The molecule has 4 N–H and O–H groups in total. The Morgan fingerprint density at radius 1 is 1.26 bits per heavy atom. The SMILES string of the molecule is CCC(N)(CC)CNC(=O)C1CCCN(C(=O)NCC(C)C)C1. The minimum Gasteiger partial charge on any atom is -0.354 e. The third-order valence-electron chi connectivity index (χ3n) is 4.76. The number of urea groups is 1. The molecule has 1 aliphatic heterocycles. The standard InChI is InChI=1S/C17H34N4O2/c1-5-17(18,6-2)12-20-15(22)14-8-7-9-21(11-14)16(23)19-10-13(3)4/h13-14H,5-12,18H2,1-4H3,(H,19,23)(H,20,22). The maximum absolute atomic E-state index is 12.4. The molecule has 0 saturated carbocycles. The Bertz CT molecular complexity index is 394. The van der Waals surface area contributed by atoms with Crippen molar-refractivity contribution in [1.82, 2.24) is 15.5 Å². The Morgan fingerprint density at radius 3 is 2.48 bits per heavy atom. The predicted octanol–water partition coefficient (Wildman–Crippen LogP) is 1.70. The summed E-state index contributed by atoms with van der Waals surface area (Å²) in [6, 6.07) is -0.0634. The Morgan fingerprint density at radius 2 is 1.91 bits per heavy atom. The zero-order valence-electron chi connectivity index (χ0n) is 15.2. The monoisotopic (exact) mass is 326 g/mol. The number of rotatable bonds is 7. The fraction of sp³-hybridized carbons (Fsp3) is 0.882. The van der Waals surface area contributed by atoms with Crippen LogP contribution in [0.15, 0.2) is 0 Å². The van der Waals surface area contributed by atoms with Crippen LogP contribution < -0.4 is 16.4 Å². The summed E-state index contributed by atoms with van der Waals surface area (Å²) < 4.78 is 0. The highest BCUT2D eigenvalue weighted by molar-refractivity contribution is 5.80. The molecule has 3 amide bonds. The number of hydrogen-bond donors (Lipinski definition) is 3. The van der Waals surface area contributed by atoms with Crippen molar-refractivity contribution in [2.45, 2.75) is 58.9 Å². The summed E-state index contributed by atoms with van der Waals surface area (Å²) >= 11 is 0. The number of amides is 3. The maximum atomic E-state index is 12.4. The van der Waals surface area contributed by atoms with Gasteiger partial charge in [-0.2, -0.15) is 0 Å². The van der Waals surface area contributed by atoms with Crippen molar-refractivity contribution in [3.05, 3.63) is 0 Å². The molecule has 6 heteroatoms. The smallest absolute Gasteiger partial charge is 0.317 e. The van der Waals surface area contributed by atoms with E-state index in [9.17, 15) is 9.59 Å². The molecule has 1 fully saturated rings. The van der Waals surface area contributed by atoms with Crippen molar-refractivity contribution >= 4 is 11.9 Å². The molecule has 1 rings (SSSR count). The highest BCUT2D eigenvalue weighted by Crippen LogP contribution is 2.17. The van der Waals surface area contributed by atoms with Gasteiger partial charge in [0, 0.05) is 31.7 Å². The molecular weight excluding hydrogens is 292 g/mol. The van der Waals surface area contributed by atoms with E-state index in [-0.39, 0.29) is 23.4 Å². The number of piperidine rings is 1. The van der Waals surface area contributed by atoms with Crippen LogP contribution in [0.4, 0.5) is 4.79 Å². The van der Waals surface area contributed by atoms with E-state index >= 15 is 0 Å². The van der Waals surface area contributed by atoms with Gasteiger partial charge in [0.2, 0.25) is 5.91 Å². The number of carbonyl (C=O) groups excluding carboxylic acids is 2. The molecule has 1 atom stereocenters. The molecule has 1 unspecified atom stereocenters. The molecule has 23 heavy (non-hydrogen) atoms. The van der Waals surface area contributed by atoms with Crippen molar-refractivity contribution in [2.75, 3.05) is 26.2 Å². The fourth-order valence-corrected chi connectivity index (χ4v) is 2.69. The molecule has 1 heterocycles. The third kappa shape index (κ3) is 6.37. The molecule has 1 aliphatic rings. The minimum absolute atomic E-state index is 0.0167. The first-order chi connectivity index (χ1) is 10.8. The topological polar surface area (TPSA) is 87.5 Å². The zero-order valence-corrected chi connectivity index (χ0v) is 15.2. The van der Waals surface area contributed by atoms with Gasteiger partial charge in [0.25, 0.3) is 0 Å². The summed E-state index contributed by atoms with van der Waals surface area (Å²) in [7, 11) is 0. The first kappa shape index (κ1) is 19.7. The van der Waals surface area contributed by atoms with Gasteiger partial charge in [-0.15, -0.1) is 0 Å². The van der Waals surface area contributed by atoms with Crippen LogP contribution in [0.25, 0.3) is 0 Å². The number of nitrogens with zero attached hydrogens (tertiary/aromatic N) is 1. The molecule has 134 valence electrons. The van der Waals surface area contributed by atoms with Crippen LogP contribution in [-0.4, -0.2) is 48.6 Å². The minimum atomic E-state index is -0.335. The number of nitrogens with two attached hydrogens (primary N) is 1. The summed E-state index contributed by atoms with van der Waals surface area (Å²) in [6.07, 6.45) is 3.36. The number of likely N-dealkylation sites (tertiary alicyclic amines) is 1. The summed E-state index contributed by atoms with van der Waals surface area (Å²) in [5.41, 5.74) is 5.89. The normalized spacial score (nSPS) is 18.9. The van der Waals surface area contributed by atoms with Crippen molar-refractivity contribution in [3.63, 3.8) is 0 Å². The average Bonchev–Trinajstić information content (AvgIpc) is 2.57. The predicted molar refractivity (Wildman–Crippen MR) is 93.0 cm³/mol. The van der Waals surface area contributed by atoms with Gasteiger partial charge in [0.15, 0.2) is 0 Å². The van der Waals surface area contributed by atoms with E-state index in [0.717, 1.165) is 32.2 Å². The molecule has 0 bridgehead atoms. The van der Waals surface area contributed by atoms with Crippen LogP contribution >= 0.6 is 0 Å². The fourth-order valence-electron chi connectivity index (χ4n) is 2.69. The Balaban J connectivity index is 2.47. The molecule has 0 spiro atoms. The van der Waals surface area contributed by atoms with Crippen LogP contribution in [0, 0.1) is 11.8 Å². The van der Waals surface area contributed by atoms with Gasteiger partial charge in [-0.3, -0.25) is 4.79 Å². The average molecular weight is 326 g/mol. The highest BCUT2D eigenvalue weighted by Gasteiger charge is 2.29. The summed E-state index contributed by atoms with van der Waals surface area (Å²) in [4.78, 5) is 26.3. The quantitative estimate of drug-likeness (QED) is 0.665. The van der Waals surface area contributed by atoms with E-state index in [1.807, 2.05) is 13.8 Å². The first-order valence-electron chi connectivity index (χ1n) is 8.90. The van der Waals surface area contributed by atoms with Crippen LogP contribution in [0.3, 0.4) is 0 Å². The van der Waals surface area contributed by atoms with Gasteiger partial charge >= 0.3 is 6.03 Å². The van der Waals surface area contributed by atoms with E-state index < -0.39 is 0 Å². The lowest BCUT2D eigenvalue weighted by Crippen LogP contribution is -2.53. The van der Waals surface area contributed by atoms with Crippen molar-refractivity contribution in [2.24, 2.45) is 17.6 Å². The summed E-state index contributed by atoms with van der Waals surface area (Å²) in [5.74, 6) is 0.304. The van der Waals surface area contributed by atoms with Crippen LogP contribution in [0.5, 0.6) is 0 Å². The molecule has 1 saturated heterocycles. The lowest BCUT2D eigenvalue weighted by atomic mass is 9.93. The van der Waals surface area contributed by atoms with E-state index in [2.05, 4.69) is 24.5 Å². The van der Waals surface area contributed by atoms with E-state index in [4.69, 9.17) is 5.73 Å². The lowest BCUT2D eigenvalue weighted by Gasteiger charge is -2.33. The summed E-state index contributed by atoms with van der Waals surface area (Å²) in [6.45, 7) is 10.6. The third-order valence-corrected chi connectivity index (χ3v) is 4.76. The van der Waals surface area contributed by atoms with Gasteiger partial charge < -0.3 is 21.3 Å². The Kier molecular flexibility index (Phi) is 7.82. The highest BCUT2D eigenvalue weighted by atomic mass is 16.2. The van der Waals surface area contributed by atoms with Gasteiger partial charge in [0.1, 0.15) is 0 Å².